The number of hydrogen-bond donors (Lipinski definition) is 0. The van der Waals surface area contributed by atoms with Gasteiger partial charge in [0.2, 0.25) is 0 Å². The topological polar surface area (TPSA) is 13.0 Å². The van der Waals surface area contributed by atoms with Gasteiger partial charge in [0.25, 0.3) is 0 Å². The minimum atomic E-state index is 1.05. The van der Waals surface area contributed by atoms with Gasteiger partial charge >= 0.3 is 0 Å². The molecule has 14 aromatic carbocycles. The van der Waals surface area contributed by atoms with Gasteiger partial charge in [-0.3, -0.25) is 0 Å². The molecule has 84 heavy (non-hydrogen) atoms. The van der Waals surface area contributed by atoms with Gasteiger partial charge in [0.1, 0.15) is 0 Å². The van der Waals surface area contributed by atoms with Gasteiger partial charge in [0, 0.05) is 68.2 Å². The molecule has 14 rings (SSSR count). The van der Waals surface area contributed by atoms with E-state index in [1.165, 1.54) is 32.7 Å². The Kier molecular flexibility index (Phi) is 14.0. The van der Waals surface area contributed by atoms with E-state index in [0.717, 1.165) is 90.5 Å². The van der Waals surface area contributed by atoms with Crippen molar-refractivity contribution in [2.75, 3.05) is 19.6 Å². The first-order valence-electron chi connectivity index (χ1n) is 28.7. The van der Waals surface area contributed by atoms with Crippen molar-refractivity contribution in [3.63, 3.8) is 0 Å². The van der Waals surface area contributed by atoms with Crippen LogP contribution in [0.5, 0.6) is 0 Å². The van der Waals surface area contributed by atoms with Crippen LogP contribution < -0.4 is 19.6 Å². The zero-order valence-electron chi connectivity index (χ0n) is 46.3. The normalized spacial score (nSPS) is 11.1. The van der Waals surface area contributed by atoms with Gasteiger partial charge in [0.05, 0.1) is 0 Å². The fraction of sp³-hybridized carbons (Fsp3) is 0. The second-order valence-electron chi connectivity index (χ2n) is 20.9. The molecule has 0 aliphatic carbocycles. The Morgan fingerprint density at radius 1 is 0.131 bits per heavy atom. The third kappa shape index (κ3) is 10.1. The van der Waals surface area contributed by atoms with Gasteiger partial charge in [-0.05, 0) is 188 Å². The van der Waals surface area contributed by atoms with E-state index < -0.39 is 0 Å². The van der Waals surface area contributed by atoms with E-state index in [2.05, 4.69) is 371 Å². The molecule has 0 aliphatic rings. The fourth-order valence-electron chi connectivity index (χ4n) is 12.0. The molecule has 0 spiro atoms. The molecule has 4 heteroatoms. The summed E-state index contributed by atoms with van der Waals surface area (Å²) in [5.74, 6) is 0. The minimum absolute atomic E-state index is 1.05. The number of anilines is 12. The van der Waals surface area contributed by atoms with Gasteiger partial charge < -0.3 is 19.6 Å². The molecule has 0 aromatic heterocycles. The molecule has 0 fully saturated rings. The van der Waals surface area contributed by atoms with Crippen LogP contribution >= 0.6 is 0 Å². The lowest BCUT2D eigenvalue weighted by molar-refractivity contribution is 1.25. The Bertz CT molecular complexity index is 3870. The van der Waals surface area contributed by atoms with Gasteiger partial charge in [-0.1, -0.05) is 218 Å². The lowest BCUT2D eigenvalue weighted by Crippen LogP contribution is -2.13. The van der Waals surface area contributed by atoms with Crippen molar-refractivity contribution in [3.8, 4) is 33.4 Å². The molecule has 0 radical (unpaired) electrons. The van der Waals surface area contributed by atoms with Crippen molar-refractivity contribution < 1.29 is 0 Å². The van der Waals surface area contributed by atoms with Crippen LogP contribution in [0.15, 0.2) is 352 Å². The van der Waals surface area contributed by atoms with Crippen LogP contribution in [0.2, 0.25) is 0 Å². The number of rotatable bonds is 15. The predicted octanol–water partition coefficient (Wildman–Crippen LogP) is 22.9. The largest absolute Gasteiger partial charge is 0.310 e. The number of fused-ring (bicyclic) bond motifs is 2. The van der Waals surface area contributed by atoms with E-state index in [0.29, 0.717) is 0 Å². The highest BCUT2D eigenvalue weighted by atomic mass is 15.2. The molecule has 398 valence electrons. The lowest BCUT2D eigenvalue weighted by Gasteiger charge is -2.30. The van der Waals surface area contributed by atoms with Crippen LogP contribution in [0.1, 0.15) is 0 Å². The summed E-state index contributed by atoms with van der Waals surface area (Å²) < 4.78 is 0. The standard InChI is InChI=1S/C80H58N4/c1-9-29-61(30-10-1)81(62-31-11-2-12-32-62)69-53-59(54-70(57-69)82(63-33-13-3-14-34-63)64-35-15-4-16-36-64)73-49-51-79(77-47-27-25-45-75(73)77)80-52-50-74(76-46-26-28-48-78(76)80)60-55-71(83(65-37-17-5-18-38-65)66-39-19-6-20-40-66)58-72(56-60)84(67-41-21-7-22-42-67)68-43-23-8-24-44-68/h1-58H. The lowest BCUT2D eigenvalue weighted by atomic mass is 9.87. The summed E-state index contributed by atoms with van der Waals surface area (Å²) in [6.07, 6.45) is 0. The van der Waals surface area contributed by atoms with Gasteiger partial charge in [-0.25, -0.2) is 0 Å². The fourth-order valence-corrected chi connectivity index (χ4v) is 12.0. The van der Waals surface area contributed by atoms with E-state index in [1.54, 1.807) is 0 Å². The molecule has 0 aliphatic heterocycles. The Morgan fingerprint density at radius 2 is 0.298 bits per heavy atom. The maximum atomic E-state index is 2.37. The maximum absolute atomic E-state index is 2.37. The molecule has 0 amide bonds. The van der Waals surface area contributed by atoms with Crippen molar-refractivity contribution in [2.24, 2.45) is 0 Å². The SMILES string of the molecule is c1ccc(N(c2ccccc2)c2cc(-c3ccc(-c4ccc(-c5cc(N(c6ccccc6)c6ccccc6)cc(N(c6ccccc6)c6ccccc6)c5)c5ccccc45)c4ccccc34)cc(N(c3ccccc3)c3ccccc3)c2)cc1. The summed E-state index contributed by atoms with van der Waals surface area (Å²) in [4.78, 5) is 9.47. The molecule has 0 saturated carbocycles. The van der Waals surface area contributed by atoms with Crippen LogP contribution in [0.25, 0.3) is 54.9 Å². The summed E-state index contributed by atoms with van der Waals surface area (Å²) >= 11 is 0. The molecule has 0 unspecified atom stereocenters. The summed E-state index contributed by atoms with van der Waals surface area (Å²) in [5.41, 5.74) is 19.6. The molecule has 0 atom stereocenters. The average molecular weight is 1080 g/mol. The molecule has 0 bridgehead atoms. The number of benzene rings is 14. The van der Waals surface area contributed by atoms with Crippen molar-refractivity contribution in [2.45, 2.75) is 0 Å². The third-order valence-corrected chi connectivity index (χ3v) is 15.7. The van der Waals surface area contributed by atoms with Crippen molar-refractivity contribution in [3.05, 3.63) is 352 Å². The monoisotopic (exact) mass is 1070 g/mol. The van der Waals surface area contributed by atoms with Gasteiger partial charge in [-0.2, -0.15) is 0 Å². The van der Waals surface area contributed by atoms with E-state index in [4.69, 9.17) is 0 Å². The first-order chi connectivity index (χ1) is 41.7. The quantitative estimate of drug-likeness (QED) is 0.101. The molecule has 0 heterocycles. The molecule has 0 saturated heterocycles. The van der Waals surface area contributed by atoms with Gasteiger partial charge in [0.15, 0.2) is 0 Å². The van der Waals surface area contributed by atoms with Crippen molar-refractivity contribution >= 4 is 89.8 Å². The number of hydrogen-bond acceptors (Lipinski definition) is 4. The molecular formula is C80H58N4. The van der Waals surface area contributed by atoms with E-state index in [9.17, 15) is 0 Å². The second-order valence-corrected chi connectivity index (χ2v) is 20.9. The maximum Gasteiger partial charge on any atom is 0.0488 e. The van der Waals surface area contributed by atoms with Crippen LogP contribution in [-0.2, 0) is 0 Å². The zero-order valence-corrected chi connectivity index (χ0v) is 46.3. The molecule has 0 N–H and O–H groups in total. The van der Waals surface area contributed by atoms with Gasteiger partial charge in [-0.15, -0.1) is 0 Å². The highest BCUT2D eigenvalue weighted by molar-refractivity contribution is 6.13. The minimum Gasteiger partial charge on any atom is -0.310 e. The smallest absolute Gasteiger partial charge is 0.0488 e. The van der Waals surface area contributed by atoms with E-state index in [1.807, 2.05) is 0 Å². The first-order valence-corrected chi connectivity index (χ1v) is 28.7. The van der Waals surface area contributed by atoms with Crippen molar-refractivity contribution in [1.82, 2.24) is 0 Å². The summed E-state index contributed by atoms with van der Waals surface area (Å²) in [5, 5.41) is 4.70. The van der Waals surface area contributed by atoms with Crippen LogP contribution in [0.4, 0.5) is 68.2 Å². The first kappa shape index (κ1) is 51.0. The van der Waals surface area contributed by atoms with Crippen LogP contribution in [0, 0.1) is 0 Å². The summed E-state index contributed by atoms with van der Waals surface area (Å²) in [6, 6.07) is 127. The Balaban J connectivity index is 0.956. The summed E-state index contributed by atoms with van der Waals surface area (Å²) in [7, 11) is 0. The van der Waals surface area contributed by atoms with Crippen LogP contribution in [0.3, 0.4) is 0 Å². The number of nitrogens with zero attached hydrogens (tertiary/aromatic N) is 4. The third-order valence-electron chi connectivity index (χ3n) is 15.7. The highest BCUT2D eigenvalue weighted by Crippen LogP contribution is 2.48. The van der Waals surface area contributed by atoms with E-state index in [-0.39, 0.29) is 0 Å². The molecular weight excluding hydrogens is 1020 g/mol. The second kappa shape index (κ2) is 23.1. The summed E-state index contributed by atoms with van der Waals surface area (Å²) in [6.45, 7) is 0. The molecule has 14 aromatic rings. The van der Waals surface area contributed by atoms with Crippen LogP contribution in [-0.4, -0.2) is 0 Å². The Morgan fingerprint density at radius 3 is 0.500 bits per heavy atom. The predicted molar refractivity (Wildman–Crippen MR) is 356 cm³/mol. The highest BCUT2D eigenvalue weighted by Gasteiger charge is 2.24. The number of para-hydroxylation sites is 8. The average Bonchev–Trinajstić information content (AvgIpc) is 3.69. The molecule has 4 nitrogen and oxygen atoms in total. The zero-order chi connectivity index (χ0) is 56.0. The van der Waals surface area contributed by atoms with Crippen molar-refractivity contribution in [1.29, 1.82) is 0 Å². The van der Waals surface area contributed by atoms with E-state index >= 15 is 0 Å². The Hall–Kier alpha value is -11.2. The Labute approximate surface area is 491 Å².